The second kappa shape index (κ2) is 8.28. The number of morpholine rings is 1. The van der Waals surface area contributed by atoms with Gasteiger partial charge in [0.05, 0.1) is 19.8 Å². The van der Waals surface area contributed by atoms with Crippen molar-refractivity contribution in [3.8, 4) is 0 Å². The molecule has 1 aliphatic carbocycles. The Kier molecular flexibility index (Phi) is 5.85. The first-order valence-electron chi connectivity index (χ1n) is 8.76. The van der Waals surface area contributed by atoms with Crippen LogP contribution in [0.3, 0.4) is 0 Å². The summed E-state index contributed by atoms with van der Waals surface area (Å²) in [6, 6.07) is 1.91. The third-order valence-corrected chi connectivity index (χ3v) is 4.58. The Balaban J connectivity index is 1.56. The quantitative estimate of drug-likeness (QED) is 0.648. The summed E-state index contributed by atoms with van der Waals surface area (Å²) in [7, 11) is 0. The number of guanidine groups is 1. The Morgan fingerprint density at radius 3 is 2.79 bits per heavy atom. The number of rotatable bonds is 4. The minimum absolute atomic E-state index is 0.316. The lowest BCUT2D eigenvalue weighted by Gasteiger charge is -2.28. The monoisotopic (exact) mass is 335 g/mol. The van der Waals surface area contributed by atoms with Crippen LogP contribution >= 0.6 is 0 Å². The number of hydrogen-bond acceptors (Lipinski definition) is 4. The van der Waals surface area contributed by atoms with E-state index in [1.54, 1.807) is 6.20 Å². The molecule has 24 heavy (non-hydrogen) atoms. The van der Waals surface area contributed by atoms with Gasteiger partial charge >= 0.3 is 0 Å². The Hall–Kier alpha value is -1.89. The van der Waals surface area contributed by atoms with Gasteiger partial charge in [-0.1, -0.05) is 19.3 Å². The third-order valence-electron chi connectivity index (χ3n) is 4.58. The number of pyridine rings is 1. The molecule has 1 aromatic heterocycles. The highest BCUT2D eigenvalue weighted by atomic mass is 19.1. The van der Waals surface area contributed by atoms with Crippen molar-refractivity contribution in [3.05, 3.63) is 23.6 Å². The molecule has 2 aliphatic rings. The van der Waals surface area contributed by atoms with Gasteiger partial charge in [0.1, 0.15) is 0 Å². The summed E-state index contributed by atoms with van der Waals surface area (Å²) in [5.74, 6) is 0.502. The molecule has 0 radical (unpaired) electrons. The Bertz CT molecular complexity index is 568. The molecule has 1 aliphatic heterocycles. The zero-order valence-electron chi connectivity index (χ0n) is 14.0. The number of nitrogens with one attached hydrogen (secondary N) is 1. The number of aliphatic imine (C=N–C) groups is 1. The molecule has 3 N–H and O–H groups in total. The fraction of sp³-hybridized carbons (Fsp3) is 0.647. The highest BCUT2D eigenvalue weighted by Gasteiger charge is 2.17. The van der Waals surface area contributed by atoms with Crippen molar-refractivity contribution in [1.82, 2.24) is 10.3 Å². The zero-order chi connectivity index (χ0) is 16.8. The van der Waals surface area contributed by atoms with Gasteiger partial charge in [0.2, 0.25) is 0 Å². The molecular formula is C17H26FN5O. The summed E-state index contributed by atoms with van der Waals surface area (Å²) >= 11 is 0. The number of anilines is 1. The van der Waals surface area contributed by atoms with Crippen LogP contribution in [-0.4, -0.2) is 43.3 Å². The van der Waals surface area contributed by atoms with Crippen molar-refractivity contribution in [2.24, 2.45) is 10.7 Å². The van der Waals surface area contributed by atoms with Crippen LogP contribution in [0.1, 0.15) is 37.7 Å². The first-order valence-corrected chi connectivity index (χ1v) is 8.76. The molecule has 1 aromatic rings. The summed E-state index contributed by atoms with van der Waals surface area (Å²) in [5.41, 5.74) is 6.66. The number of hydrogen-bond donors (Lipinski definition) is 2. The molecular weight excluding hydrogens is 309 g/mol. The van der Waals surface area contributed by atoms with Crippen molar-refractivity contribution in [1.29, 1.82) is 0 Å². The van der Waals surface area contributed by atoms with Crippen LogP contribution in [0.5, 0.6) is 0 Å². The average Bonchev–Trinajstić information content (AvgIpc) is 2.62. The average molecular weight is 335 g/mol. The Morgan fingerprint density at radius 1 is 1.33 bits per heavy atom. The number of ether oxygens (including phenoxy) is 1. The Morgan fingerprint density at radius 2 is 2.08 bits per heavy atom. The molecule has 1 saturated heterocycles. The molecule has 132 valence electrons. The fourth-order valence-electron chi connectivity index (χ4n) is 3.24. The van der Waals surface area contributed by atoms with Gasteiger partial charge in [0, 0.05) is 25.3 Å². The van der Waals surface area contributed by atoms with Crippen LogP contribution in [0.15, 0.2) is 17.3 Å². The maximum absolute atomic E-state index is 14.3. The minimum Gasteiger partial charge on any atom is -0.378 e. The SMILES string of the molecule is NC(=NCc1cnc(N2CCOCC2)c(F)c1)NC1CCCCC1. The highest BCUT2D eigenvalue weighted by Crippen LogP contribution is 2.19. The molecule has 2 fully saturated rings. The lowest BCUT2D eigenvalue weighted by molar-refractivity contribution is 0.122. The normalized spacial score (nSPS) is 20.2. The fourth-order valence-corrected chi connectivity index (χ4v) is 3.24. The summed E-state index contributed by atoms with van der Waals surface area (Å²) in [6.45, 7) is 2.88. The third kappa shape index (κ3) is 4.56. The van der Waals surface area contributed by atoms with Crippen LogP contribution in [0.4, 0.5) is 10.2 Å². The van der Waals surface area contributed by atoms with Gasteiger partial charge in [-0.25, -0.2) is 14.4 Å². The predicted molar refractivity (Wildman–Crippen MR) is 92.6 cm³/mol. The molecule has 7 heteroatoms. The Labute approximate surface area is 142 Å². The second-order valence-corrected chi connectivity index (χ2v) is 6.43. The van der Waals surface area contributed by atoms with E-state index < -0.39 is 0 Å². The number of nitrogens with two attached hydrogens (primary N) is 1. The van der Waals surface area contributed by atoms with Gasteiger partial charge in [-0.3, -0.25) is 0 Å². The van der Waals surface area contributed by atoms with Crippen molar-refractivity contribution in [3.63, 3.8) is 0 Å². The molecule has 0 unspecified atom stereocenters. The van der Waals surface area contributed by atoms with E-state index in [0.29, 0.717) is 50.7 Å². The number of halogens is 1. The smallest absolute Gasteiger partial charge is 0.189 e. The number of nitrogens with zero attached hydrogens (tertiary/aromatic N) is 3. The van der Waals surface area contributed by atoms with Crippen molar-refractivity contribution < 1.29 is 9.13 Å². The first kappa shape index (κ1) is 17.0. The zero-order valence-corrected chi connectivity index (χ0v) is 14.0. The van der Waals surface area contributed by atoms with Gasteiger partial charge in [0.25, 0.3) is 0 Å². The van der Waals surface area contributed by atoms with Crippen molar-refractivity contribution in [2.45, 2.75) is 44.7 Å². The van der Waals surface area contributed by atoms with Crippen LogP contribution in [-0.2, 0) is 11.3 Å². The molecule has 0 spiro atoms. The lowest BCUT2D eigenvalue weighted by Crippen LogP contribution is -2.41. The van der Waals surface area contributed by atoms with E-state index in [9.17, 15) is 4.39 Å². The van der Waals surface area contributed by atoms with Gasteiger partial charge in [-0.05, 0) is 24.5 Å². The second-order valence-electron chi connectivity index (χ2n) is 6.43. The molecule has 0 atom stereocenters. The summed E-state index contributed by atoms with van der Waals surface area (Å²) < 4.78 is 19.6. The van der Waals surface area contributed by atoms with Crippen LogP contribution in [0.2, 0.25) is 0 Å². The van der Waals surface area contributed by atoms with Crippen molar-refractivity contribution in [2.75, 3.05) is 31.2 Å². The van der Waals surface area contributed by atoms with E-state index in [2.05, 4.69) is 15.3 Å². The van der Waals surface area contributed by atoms with Gasteiger partial charge in [0.15, 0.2) is 17.6 Å². The molecule has 2 heterocycles. The molecule has 3 rings (SSSR count). The molecule has 0 aromatic carbocycles. The summed E-state index contributed by atoms with van der Waals surface area (Å²) in [4.78, 5) is 10.5. The van der Waals surface area contributed by atoms with E-state index in [-0.39, 0.29) is 5.82 Å². The van der Waals surface area contributed by atoms with Gasteiger partial charge in [-0.2, -0.15) is 0 Å². The minimum atomic E-state index is -0.316. The first-order chi connectivity index (χ1) is 11.7. The molecule has 1 saturated carbocycles. The van der Waals surface area contributed by atoms with E-state index in [1.165, 1.54) is 25.3 Å². The van der Waals surface area contributed by atoms with E-state index in [4.69, 9.17) is 10.5 Å². The largest absolute Gasteiger partial charge is 0.378 e. The van der Waals surface area contributed by atoms with Crippen LogP contribution in [0.25, 0.3) is 0 Å². The topological polar surface area (TPSA) is 75.8 Å². The van der Waals surface area contributed by atoms with E-state index in [1.807, 2.05) is 4.90 Å². The predicted octanol–water partition coefficient (Wildman–Crippen LogP) is 1.79. The summed E-state index contributed by atoms with van der Waals surface area (Å²) in [6.07, 6.45) is 7.73. The molecule has 0 amide bonds. The maximum Gasteiger partial charge on any atom is 0.189 e. The lowest BCUT2D eigenvalue weighted by atomic mass is 9.96. The number of aromatic nitrogens is 1. The van der Waals surface area contributed by atoms with E-state index >= 15 is 0 Å². The van der Waals surface area contributed by atoms with Gasteiger partial charge in [-0.15, -0.1) is 0 Å². The van der Waals surface area contributed by atoms with E-state index in [0.717, 1.165) is 18.4 Å². The molecule has 6 nitrogen and oxygen atoms in total. The standard InChI is InChI=1S/C17H26FN5O/c18-15-10-13(11-20-16(15)23-6-8-24-9-7-23)12-21-17(19)22-14-4-2-1-3-5-14/h10-11,14H,1-9,12H2,(H3,19,21,22). The van der Waals surface area contributed by atoms with Gasteiger partial charge < -0.3 is 20.7 Å². The van der Waals surface area contributed by atoms with Crippen LogP contribution < -0.4 is 16.0 Å². The highest BCUT2D eigenvalue weighted by molar-refractivity contribution is 5.78. The molecule has 0 bridgehead atoms. The van der Waals surface area contributed by atoms with Crippen LogP contribution in [0, 0.1) is 5.82 Å². The maximum atomic E-state index is 14.3. The van der Waals surface area contributed by atoms with Crippen molar-refractivity contribution >= 4 is 11.8 Å². The summed E-state index contributed by atoms with van der Waals surface area (Å²) in [5, 5.41) is 3.26.